The summed E-state index contributed by atoms with van der Waals surface area (Å²) >= 11 is 3.60. The molecule has 0 unspecified atom stereocenters. The molecule has 92 valence electrons. The van der Waals surface area contributed by atoms with Gasteiger partial charge in [-0.15, -0.1) is 0 Å². The fourth-order valence-electron chi connectivity index (χ4n) is 1.88. The van der Waals surface area contributed by atoms with Crippen molar-refractivity contribution in [2.75, 3.05) is 14.2 Å². The van der Waals surface area contributed by atoms with Crippen molar-refractivity contribution in [3.63, 3.8) is 0 Å². The number of hydrogen-bond acceptors (Lipinski definition) is 3. The van der Waals surface area contributed by atoms with Crippen LogP contribution in [0, 0.1) is 32.2 Å². The molecule has 0 aromatic heterocycles. The van der Waals surface area contributed by atoms with Gasteiger partial charge >= 0.3 is 0 Å². The van der Waals surface area contributed by atoms with E-state index in [4.69, 9.17) is 10.00 Å². The maximum absolute atomic E-state index is 8.87. The van der Waals surface area contributed by atoms with E-state index in [-0.39, 0.29) is 0 Å². The molecule has 0 N–H and O–H groups in total. The Morgan fingerprint density at radius 3 is 2.29 bits per heavy atom. The number of hydrogen-bond donors (Lipinski definition) is 0. The topological polar surface area (TPSA) is 36.3 Å². The molecular formula is C13H17BrN2O. The van der Waals surface area contributed by atoms with E-state index in [0.29, 0.717) is 6.54 Å². The summed E-state index contributed by atoms with van der Waals surface area (Å²) in [5.74, 6) is 0.880. The summed E-state index contributed by atoms with van der Waals surface area (Å²) in [5.41, 5.74) is 4.49. The van der Waals surface area contributed by atoms with Gasteiger partial charge in [0.1, 0.15) is 5.75 Å². The van der Waals surface area contributed by atoms with Crippen LogP contribution in [-0.4, -0.2) is 19.1 Å². The van der Waals surface area contributed by atoms with Gasteiger partial charge in [0.05, 0.1) is 13.7 Å². The summed E-state index contributed by atoms with van der Waals surface area (Å²) in [6, 6.07) is 0. The fourth-order valence-corrected chi connectivity index (χ4v) is 2.42. The molecule has 0 aliphatic rings. The molecule has 1 rings (SSSR count). The lowest BCUT2D eigenvalue weighted by Gasteiger charge is -2.20. The first-order valence-electron chi connectivity index (χ1n) is 5.37. The molecule has 0 amide bonds. The molecule has 0 radical (unpaired) electrons. The van der Waals surface area contributed by atoms with Crippen LogP contribution in [0.25, 0.3) is 0 Å². The van der Waals surface area contributed by atoms with E-state index >= 15 is 0 Å². The number of ether oxygens (including phenoxy) is 1. The minimum Gasteiger partial charge on any atom is -0.496 e. The number of methoxy groups -OCH3 is 1. The highest BCUT2D eigenvalue weighted by Crippen LogP contribution is 2.36. The van der Waals surface area contributed by atoms with Crippen LogP contribution < -0.4 is 4.74 Å². The van der Waals surface area contributed by atoms with Crippen molar-refractivity contribution in [1.82, 2.24) is 4.90 Å². The quantitative estimate of drug-likeness (QED) is 0.634. The second-order valence-corrected chi connectivity index (χ2v) is 4.95. The molecule has 1 aromatic rings. The molecule has 0 aliphatic carbocycles. The first-order valence-corrected chi connectivity index (χ1v) is 6.16. The smallest absolute Gasteiger partial charge is 0.179 e. The summed E-state index contributed by atoms with van der Waals surface area (Å²) < 4.78 is 6.58. The SMILES string of the molecule is COc1c(C)c(C)c(Br)c(C)c1CN(C)C#N. The number of nitriles is 1. The largest absolute Gasteiger partial charge is 0.496 e. The first-order chi connectivity index (χ1) is 7.93. The molecule has 0 heterocycles. The minimum absolute atomic E-state index is 0.561. The maximum Gasteiger partial charge on any atom is 0.179 e. The zero-order valence-electron chi connectivity index (χ0n) is 10.9. The highest BCUT2D eigenvalue weighted by Gasteiger charge is 2.17. The third-order valence-corrected chi connectivity index (χ3v) is 4.25. The second-order valence-electron chi connectivity index (χ2n) is 4.16. The highest BCUT2D eigenvalue weighted by atomic mass is 79.9. The molecule has 0 saturated carbocycles. The van der Waals surface area contributed by atoms with Crippen molar-refractivity contribution in [3.05, 3.63) is 26.7 Å². The number of benzene rings is 1. The van der Waals surface area contributed by atoms with Crippen molar-refractivity contribution in [3.8, 4) is 11.9 Å². The third-order valence-electron chi connectivity index (χ3n) is 3.06. The zero-order chi connectivity index (χ0) is 13.2. The van der Waals surface area contributed by atoms with Crippen LogP contribution >= 0.6 is 15.9 Å². The van der Waals surface area contributed by atoms with Gasteiger partial charge in [0.2, 0.25) is 0 Å². The molecule has 0 bridgehead atoms. The molecule has 0 spiro atoms. The molecule has 1 aromatic carbocycles. The van der Waals surface area contributed by atoms with E-state index in [2.05, 4.69) is 29.0 Å². The summed E-state index contributed by atoms with van der Waals surface area (Å²) in [6.07, 6.45) is 2.11. The fraction of sp³-hybridized carbons (Fsp3) is 0.462. The summed E-state index contributed by atoms with van der Waals surface area (Å²) in [4.78, 5) is 1.59. The molecule has 0 fully saturated rings. The third kappa shape index (κ3) is 2.55. The van der Waals surface area contributed by atoms with Gasteiger partial charge in [0, 0.05) is 17.1 Å². The normalized spacial score (nSPS) is 9.94. The Balaban J connectivity index is 3.42. The second kappa shape index (κ2) is 5.42. The average molecular weight is 297 g/mol. The van der Waals surface area contributed by atoms with Crippen LogP contribution in [-0.2, 0) is 6.54 Å². The summed E-state index contributed by atoms with van der Waals surface area (Å²) in [7, 11) is 3.44. The van der Waals surface area contributed by atoms with E-state index in [1.54, 1.807) is 19.1 Å². The molecular weight excluding hydrogens is 280 g/mol. The molecule has 0 atom stereocenters. The van der Waals surface area contributed by atoms with Gasteiger partial charge in [-0.1, -0.05) is 15.9 Å². The maximum atomic E-state index is 8.87. The molecule has 0 aliphatic heterocycles. The van der Waals surface area contributed by atoms with Gasteiger partial charge in [0.15, 0.2) is 6.19 Å². The van der Waals surface area contributed by atoms with E-state index in [1.165, 1.54) is 5.56 Å². The molecule has 17 heavy (non-hydrogen) atoms. The monoisotopic (exact) mass is 296 g/mol. The van der Waals surface area contributed by atoms with Crippen molar-refractivity contribution in [1.29, 1.82) is 5.26 Å². The predicted octanol–water partition coefficient (Wildman–Crippen LogP) is 3.30. The zero-order valence-corrected chi connectivity index (χ0v) is 12.5. The molecule has 3 nitrogen and oxygen atoms in total. The van der Waals surface area contributed by atoms with Gasteiger partial charge in [-0.25, -0.2) is 0 Å². The van der Waals surface area contributed by atoms with Gasteiger partial charge < -0.3 is 9.64 Å². The Bertz CT molecular complexity index is 478. The van der Waals surface area contributed by atoms with Crippen molar-refractivity contribution >= 4 is 15.9 Å². The van der Waals surface area contributed by atoms with Crippen molar-refractivity contribution in [2.45, 2.75) is 27.3 Å². The van der Waals surface area contributed by atoms with Crippen LogP contribution in [0.1, 0.15) is 22.3 Å². The highest BCUT2D eigenvalue weighted by molar-refractivity contribution is 9.10. The van der Waals surface area contributed by atoms with Gasteiger partial charge in [-0.05, 0) is 37.5 Å². The molecule has 4 heteroatoms. The van der Waals surface area contributed by atoms with E-state index < -0.39 is 0 Å². The number of nitrogens with zero attached hydrogens (tertiary/aromatic N) is 2. The van der Waals surface area contributed by atoms with Crippen LogP contribution in [0.15, 0.2) is 4.47 Å². The number of rotatable bonds is 3. The predicted molar refractivity (Wildman–Crippen MR) is 72.0 cm³/mol. The van der Waals surface area contributed by atoms with Crippen LogP contribution in [0.4, 0.5) is 0 Å². The lowest BCUT2D eigenvalue weighted by molar-refractivity contribution is 0.389. The Labute approximate surface area is 111 Å². The van der Waals surface area contributed by atoms with Gasteiger partial charge in [-0.3, -0.25) is 0 Å². The Hall–Kier alpha value is -1.21. The summed E-state index contributed by atoms with van der Waals surface area (Å²) in [5, 5.41) is 8.87. The van der Waals surface area contributed by atoms with E-state index in [0.717, 1.165) is 26.9 Å². The lowest BCUT2D eigenvalue weighted by Crippen LogP contribution is -2.13. The van der Waals surface area contributed by atoms with Gasteiger partial charge in [0.25, 0.3) is 0 Å². The van der Waals surface area contributed by atoms with Crippen molar-refractivity contribution in [2.24, 2.45) is 0 Å². The average Bonchev–Trinajstić information content (AvgIpc) is 2.33. The van der Waals surface area contributed by atoms with Gasteiger partial charge in [-0.2, -0.15) is 5.26 Å². The van der Waals surface area contributed by atoms with E-state index in [1.807, 2.05) is 13.8 Å². The van der Waals surface area contributed by atoms with Crippen LogP contribution in [0.3, 0.4) is 0 Å². The lowest BCUT2D eigenvalue weighted by atomic mass is 9.98. The molecule has 0 saturated heterocycles. The minimum atomic E-state index is 0.561. The van der Waals surface area contributed by atoms with Crippen LogP contribution in [0.5, 0.6) is 5.75 Å². The summed E-state index contributed by atoms with van der Waals surface area (Å²) in [6.45, 7) is 6.70. The Kier molecular flexibility index (Phi) is 4.41. The van der Waals surface area contributed by atoms with Crippen molar-refractivity contribution < 1.29 is 4.74 Å². The standard InChI is InChI=1S/C13H17BrN2O/c1-8-9(2)13(17-5)11(6-16(4)7-15)10(3)12(8)14/h6H2,1-5H3. The Morgan fingerprint density at radius 2 is 1.82 bits per heavy atom. The first kappa shape index (κ1) is 13.9. The van der Waals surface area contributed by atoms with Crippen LogP contribution in [0.2, 0.25) is 0 Å². The van der Waals surface area contributed by atoms with E-state index in [9.17, 15) is 0 Å². The number of halogens is 1. The Morgan fingerprint density at radius 1 is 1.24 bits per heavy atom.